The number of amides is 1. The molecule has 1 amide bonds. The van der Waals surface area contributed by atoms with Gasteiger partial charge in [-0.3, -0.25) is 14.4 Å². The maximum absolute atomic E-state index is 14.6. The zero-order valence-corrected chi connectivity index (χ0v) is 16.9. The molecular formula is C20H21F3N4O2S. The van der Waals surface area contributed by atoms with E-state index in [0.29, 0.717) is 5.56 Å². The number of aliphatic imine (C=N–C) groups is 1. The van der Waals surface area contributed by atoms with E-state index in [-0.39, 0.29) is 17.3 Å². The summed E-state index contributed by atoms with van der Waals surface area (Å²) in [6, 6.07) is 14.2. The van der Waals surface area contributed by atoms with Crippen LogP contribution in [0.1, 0.15) is 22.8 Å². The number of hydrogen-bond acceptors (Lipinski definition) is 5. The number of nitrogens with zero attached hydrogens (tertiary/aromatic N) is 2. The van der Waals surface area contributed by atoms with Crippen LogP contribution in [0.25, 0.3) is 0 Å². The van der Waals surface area contributed by atoms with Crippen LogP contribution in [0.2, 0.25) is 0 Å². The third kappa shape index (κ3) is 3.78. The molecule has 2 aromatic rings. The molecule has 6 nitrogen and oxygen atoms in total. The van der Waals surface area contributed by atoms with Crippen LogP contribution in [0.15, 0.2) is 59.6 Å². The number of carbonyl (C=O) groups excluding carboxylic acids is 1. The predicted molar refractivity (Wildman–Crippen MR) is 110 cm³/mol. The Labute approximate surface area is 173 Å². The summed E-state index contributed by atoms with van der Waals surface area (Å²) in [5.41, 5.74) is -0.769. The summed E-state index contributed by atoms with van der Waals surface area (Å²) in [5.74, 6) is -4.56. The molecule has 4 rings (SSSR count). The molecule has 0 spiro atoms. The first-order valence-electron chi connectivity index (χ1n) is 9.27. The van der Waals surface area contributed by atoms with Crippen molar-refractivity contribution in [1.82, 2.24) is 14.3 Å². The Morgan fingerprint density at radius 1 is 1.20 bits per heavy atom. The first kappa shape index (κ1) is 20.7. The number of alkyl halides is 2. The largest absolute Gasteiger partial charge is 0.321 e. The highest BCUT2D eigenvalue weighted by Crippen LogP contribution is 2.55. The second-order valence-electron chi connectivity index (χ2n) is 7.53. The van der Waals surface area contributed by atoms with Crippen molar-refractivity contribution >= 4 is 22.5 Å². The van der Waals surface area contributed by atoms with Crippen LogP contribution < -0.4 is 10.0 Å². The number of guanidine groups is 1. The monoisotopic (exact) mass is 438 g/mol. The van der Waals surface area contributed by atoms with Crippen LogP contribution in [-0.2, 0) is 5.54 Å². The summed E-state index contributed by atoms with van der Waals surface area (Å²) in [6.07, 6.45) is 0. The van der Waals surface area contributed by atoms with Crippen molar-refractivity contribution < 1.29 is 22.5 Å². The molecule has 1 fully saturated rings. The highest BCUT2D eigenvalue weighted by Gasteiger charge is 2.53. The van der Waals surface area contributed by atoms with Crippen LogP contribution >= 0.6 is 10.7 Å². The van der Waals surface area contributed by atoms with Crippen molar-refractivity contribution in [2.75, 3.05) is 18.8 Å². The van der Waals surface area contributed by atoms with Gasteiger partial charge in [-0.05, 0) is 25.1 Å². The van der Waals surface area contributed by atoms with Crippen LogP contribution in [0.4, 0.5) is 13.2 Å². The average molecular weight is 438 g/mol. The summed E-state index contributed by atoms with van der Waals surface area (Å²) in [6.45, 7) is 0.0759. The van der Waals surface area contributed by atoms with Gasteiger partial charge >= 0.3 is 0 Å². The highest BCUT2D eigenvalue weighted by atomic mass is 32.3. The molecule has 0 radical (unpaired) electrons. The Hall–Kier alpha value is -2.56. The van der Waals surface area contributed by atoms with E-state index in [2.05, 4.69) is 15.0 Å². The Bertz CT molecular complexity index is 1010. The van der Waals surface area contributed by atoms with E-state index in [1.807, 2.05) is 0 Å². The van der Waals surface area contributed by atoms with Crippen molar-refractivity contribution in [3.8, 4) is 0 Å². The highest BCUT2D eigenvalue weighted by molar-refractivity contribution is 8.26. The Balaban J connectivity index is 1.78. The second-order valence-corrected chi connectivity index (χ2v) is 9.89. The zero-order chi connectivity index (χ0) is 21.6. The fourth-order valence-corrected chi connectivity index (χ4v) is 6.26. The molecule has 1 saturated heterocycles. The van der Waals surface area contributed by atoms with E-state index < -0.39 is 47.0 Å². The normalized spacial score (nSPS) is 29.9. The lowest BCUT2D eigenvalue weighted by molar-refractivity contribution is -0.00967. The maximum Gasteiger partial charge on any atom is 0.279 e. The molecule has 0 bridgehead atoms. The molecule has 0 aromatic heterocycles. The third-order valence-corrected chi connectivity index (χ3v) is 7.69. The van der Waals surface area contributed by atoms with Gasteiger partial charge in [0.15, 0.2) is 0 Å². The van der Waals surface area contributed by atoms with Crippen molar-refractivity contribution in [2.24, 2.45) is 4.99 Å². The van der Waals surface area contributed by atoms with E-state index in [1.165, 1.54) is 18.2 Å². The summed E-state index contributed by atoms with van der Waals surface area (Å²) in [4.78, 5) is 17.2. The molecule has 2 aromatic carbocycles. The second kappa shape index (κ2) is 7.29. The van der Waals surface area contributed by atoms with Gasteiger partial charge in [-0.2, -0.15) is 0 Å². The molecule has 2 heterocycles. The molecule has 0 saturated carbocycles. The quantitative estimate of drug-likeness (QED) is 0.671. The maximum atomic E-state index is 14.6. The molecular weight excluding hydrogens is 417 g/mol. The average Bonchev–Trinajstić information content (AvgIpc) is 2.70. The molecule has 1 unspecified atom stereocenters. The predicted octanol–water partition coefficient (Wildman–Crippen LogP) is 3.49. The number of benzene rings is 2. The minimum Gasteiger partial charge on any atom is -0.321 e. The fourth-order valence-electron chi connectivity index (χ4n) is 3.62. The lowest BCUT2D eigenvalue weighted by Gasteiger charge is -2.55. The van der Waals surface area contributed by atoms with Gasteiger partial charge in [-0.1, -0.05) is 36.4 Å². The number of halogens is 3. The van der Waals surface area contributed by atoms with Gasteiger partial charge < -0.3 is 4.55 Å². The number of fused-ring (bicyclic) bond motifs is 1. The van der Waals surface area contributed by atoms with Gasteiger partial charge in [0.1, 0.15) is 11.4 Å². The van der Waals surface area contributed by atoms with Crippen molar-refractivity contribution in [2.45, 2.75) is 18.4 Å². The Morgan fingerprint density at radius 2 is 1.87 bits per heavy atom. The first-order valence-corrected chi connectivity index (χ1v) is 11.0. The summed E-state index contributed by atoms with van der Waals surface area (Å²) < 4.78 is 57.6. The third-order valence-electron chi connectivity index (χ3n) is 5.09. The molecule has 0 aliphatic carbocycles. The number of nitrogens with one attached hydrogen (secondary N) is 2. The SMILES string of the molecule is C[C@@]1(c2ccccc2F)CS2(O)NCC(F)(F)CN2C(NC(=O)c2ccccc2)=N1. The smallest absolute Gasteiger partial charge is 0.279 e. The minimum absolute atomic E-state index is 0.109. The van der Waals surface area contributed by atoms with Crippen molar-refractivity contribution in [3.63, 3.8) is 0 Å². The zero-order valence-electron chi connectivity index (χ0n) is 16.1. The van der Waals surface area contributed by atoms with Gasteiger partial charge in [0.2, 0.25) is 5.96 Å². The van der Waals surface area contributed by atoms with E-state index in [1.54, 1.807) is 43.3 Å². The van der Waals surface area contributed by atoms with Crippen molar-refractivity contribution in [1.29, 1.82) is 0 Å². The summed E-state index contributed by atoms with van der Waals surface area (Å²) >= 11 is 0. The summed E-state index contributed by atoms with van der Waals surface area (Å²) in [7, 11) is -3.01. The standard InChI is InChI=1S/C20H21F3N4O2S/c1-19(15-9-5-6-10-16(15)21)13-30(29)24-11-20(22,23)12-27(30)18(26-19)25-17(28)14-7-3-2-4-8-14/h2-10,24,29H,11-13H2,1H3,(H,25,26,28)/t19-/m0/s1. The molecule has 3 N–H and O–H groups in total. The Kier molecular flexibility index (Phi) is 5.03. The molecule has 160 valence electrons. The molecule has 30 heavy (non-hydrogen) atoms. The van der Waals surface area contributed by atoms with Gasteiger partial charge in [-0.15, -0.1) is 0 Å². The van der Waals surface area contributed by atoms with Gasteiger partial charge in [0.05, 0.1) is 18.8 Å². The van der Waals surface area contributed by atoms with Gasteiger partial charge in [0.25, 0.3) is 11.8 Å². The fraction of sp³-hybridized carbons (Fsp3) is 0.300. The number of rotatable bonds is 2. The van der Waals surface area contributed by atoms with E-state index in [9.17, 15) is 22.5 Å². The first-order chi connectivity index (χ1) is 14.1. The molecule has 2 atom stereocenters. The van der Waals surface area contributed by atoms with E-state index >= 15 is 0 Å². The molecule has 2 aliphatic rings. The van der Waals surface area contributed by atoms with E-state index in [4.69, 9.17) is 0 Å². The molecule has 2 aliphatic heterocycles. The van der Waals surface area contributed by atoms with E-state index in [0.717, 1.165) is 4.31 Å². The van der Waals surface area contributed by atoms with Crippen LogP contribution in [0.5, 0.6) is 0 Å². The van der Waals surface area contributed by atoms with Crippen LogP contribution in [-0.4, -0.2) is 45.5 Å². The summed E-state index contributed by atoms with van der Waals surface area (Å²) in [5, 5.41) is 2.54. The topological polar surface area (TPSA) is 77.0 Å². The lowest BCUT2D eigenvalue weighted by Crippen LogP contribution is -2.63. The van der Waals surface area contributed by atoms with Crippen molar-refractivity contribution in [3.05, 3.63) is 71.5 Å². The van der Waals surface area contributed by atoms with Gasteiger partial charge in [0, 0.05) is 21.8 Å². The van der Waals surface area contributed by atoms with Crippen LogP contribution in [0.3, 0.4) is 0 Å². The Morgan fingerprint density at radius 3 is 2.57 bits per heavy atom. The lowest BCUT2D eigenvalue weighted by atomic mass is 9.94. The number of carbonyl (C=O) groups is 1. The molecule has 10 heteroatoms. The van der Waals surface area contributed by atoms with Gasteiger partial charge in [-0.25, -0.2) is 22.9 Å². The minimum atomic E-state index is -3.14. The van der Waals surface area contributed by atoms with Crippen LogP contribution in [0, 0.1) is 5.82 Å². The number of hydrogen-bond donors (Lipinski definition) is 3.